The fraction of sp³-hybridized carbons (Fsp3) is 0.250. The number of anilines is 3. The lowest BCUT2D eigenvalue weighted by Gasteiger charge is -2.20. The van der Waals surface area contributed by atoms with Gasteiger partial charge >= 0.3 is 0 Å². The molecule has 0 saturated heterocycles. The lowest BCUT2D eigenvalue weighted by molar-refractivity contribution is -0.106. The molecule has 0 radical (unpaired) electrons. The minimum absolute atomic E-state index is 0.0596. The number of hydrogen-bond donors (Lipinski definition) is 3. The smallest absolute Gasteiger partial charge is 0.232 e. The summed E-state index contributed by atoms with van der Waals surface area (Å²) in [5, 5.41) is 4.65. The van der Waals surface area contributed by atoms with E-state index < -0.39 is 6.10 Å². The lowest BCUT2D eigenvalue weighted by Crippen LogP contribution is -2.25. The van der Waals surface area contributed by atoms with Crippen LogP contribution in [0.25, 0.3) is 0 Å². The van der Waals surface area contributed by atoms with Crippen LogP contribution >= 0.6 is 11.6 Å². The summed E-state index contributed by atoms with van der Waals surface area (Å²) in [5.74, 6) is 0.00957. The number of carbonyl (C=O) groups is 2. The van der Waals surface area contributed by atoms with Gasteiger partial charge in [-0.1, -0.05) is 72.3 Å². The molecule has 3 aromatic rings. The summed E-state index contributed by atoms with van der Waals surface area (Å²) in [6, 6.07) is 19.6. The Morgan fingerprint density at radius 2 is 1.49 bits per heavy atom. The highest BCUT2D eigenvalue weighted by Crippen LogP contribution is 2.28. The Kier molecular flexibility index (Phi) is 10.9. The van der Waals surface area contributed by atoms with Gasteiger partial charge in [0.25, 0.3) is 0 Å². The van der Waals surface area contributed by atoms with Crippen LogP contribution in [0.5, 0.6) is 0 Å². The molecule has 10 nitrogen and oxygen atoms in total. The molecule has 0 spiro atoms. The highest BCUT2D eigenvalue weighted by molar-refractivity contribution is 6.33. The fourth-order valence-corrected chi connectivity index (χ4v) is 3.21. The van der Waals surface area contributed by atoms with Crippen LogP contribution < -0.4 is 16.1 Å². The molecular weight excluding hydrogens is 474 g/mol. The zero-order valence-electron chi connectivity index (χ0n) is 18.9. The second-order valence-corrected chi connectivity index (χ2v) is 7.61. The maximum absolute atomic E-state index is 11.0. The van der Waals surface area contributed by atoms with E-state index in [-0.39, 0.29) is 29.2 Å². The van der Waals surface area contributed by atoms with Crippen molar-refractivity contribution in [2.24, 2.45) is 0 Å². The van der Waals surface area contributed by atoms with Gasteiger partial charge < -0.3 is 14.8 Å². The molecule has 0 unspecified atom stereocenters. The van der Waals surface area contributed by atoms with Crippen LogP contribution in [0.2, 0.25) is 5.15 Å². The number of nitrogens with one attached hydrogen (secondary N) is 3. The molecule has 1 heterocycles. The molecule has 0 fully saturated rings. The number of rotatable bonds is 16. The third-order valence-electron chi connectivity index (χ3n) is 4.69. The van der Waals surface area contributed by atoms with Crippen molar-refractivity contribution >= 4 is 41.9 Å². The van der Waals surface area contributed by atoms with Crippen molar-refractivity contribution in [3.8, 4) is 0 Å². The van der Waals surface area contributed by atoms with Gasteiger partial charge in [0.2, 0.25) is 18.8 Å². The molecule has 184 valence electrons. The predicted octanol–water partition coefficient (Wildman–Crippen LogP) is 3.80. The van der Waals surface area contributed by atoms with E-state index >= 15 is 0 Å². The van der Waals surface area contributed by atoms with Crippen molar-refractivity contribution in [1.82, 2.24) is 9.97 Å². The third kappa shape index (κ3) is 8.95. The van der Waals surface area contributed by atoms with Crippen LogP contribution in [0.4, 0.5) is 17.5 Å². The zero-order chi connectivity index (χ0) is 24.7. The molecule has 0 aliphatic carbocycles. The maximum Gasteiger partial charge on any atom is 0.232 e. The van der Waals surface area contributed by atoms with Crippen LogP contribution in [0, 0.1) is 0 Å². The molecule has 2 amide bonds. The van der Waals surface area contributed by atoms with Crippen molar-refractivity contribution in [1.29, 1.82) is 0 Å². The summed E-state index contributed by atoms with van der Waals surface area (Å²) >= 11 is 6.11. The number of hydrogen-bond acceptors (Lipinski definition) is 8. The number of halogens is 1. The molecule has 0 aliphatic heterocycles. The number of nitrogens with zero attached hydrogens (tertiary/aromatic N) is 2. The topological polar surface area (TPSA) is 124 Å². The van der Waals surface area contributed by atoms with E-state index in [1.807, 2.05) is 60.7 Å². The monoisotopic (exact) mass is 499 g/mol. The van der Waals surface area contributed by atoms with E-state index in [1.54, 1.807) is 0 Å². The van der Waals surface area contributed by atoms with Crippen LogP contribution in [0.3, 0.4) is 0 Å². The Morgan fingerprint density at radius 3 is 2.11 bits per heavy atom. The van der Waals surface area contributed by atoms with Crippen molar-refractivity contribution in [3.05, 3.63) is 76.9 Å². The molecule has 0 aliphatic rings. The van der Waals surface area contributed by atoms with E-state index in [0.29, 0.717) is 39.1 Å². The van der Waals surface area contributed by atoms with Gasteiger partial charge in [0.05, 0.1) is 19.8 Å². The summed E-state index contributed by atoms with van der Waals surface area (Å²) in [6.07, 6.45) is 0.909. The molecule has 35 heavy (non-hydrogen) atoms. The minimum Gasteiger partial charge on any atom is -0.377 e. The van der Waals surface area contributed by atoms with Gasteiger partial charge in [0, 0.05) is 13.0 Å². The second-order valence-electron chi connectivity index (χ2n) is 7.26. The van der Waals surface area contributed by atoms with Gasteiger partial charge in [-0.15, -0.1) is 0 Å². The minimum atomic E-state index is -0.435. The van der Waals surface area contributed by atoms with E-state index in [9.17, 15) is 9.59 Å². The number of carbonyl (C=O) groups excluding carboxylic acids is 2. The summed E-state index contributed by atoms with van der Waals surface area (Å²) in [4.78, 5) is 35.6. The first kappa shape index (κ1) is 26.0. The van der Waals surface area contributed by atoms with Crippen molar-refractivity contribution in [3.63, 3.8) is 0 Å². The van der Waals surface area contributed by atoms with Gasteiger partial charge in [-0.05, 0) is 11.1 Å². The van der Waals surface area contributed by atoms with Crippen LogP contribution in [-0.4, -0.2) is 42.1 Å². The average molecular weight is 500 g/mol. The van der Waals surface area contributed by atoms with E-state index in [0.717, 1.165) is 11.1 Å². The molecule has 1 atom stereocenters. The SMILES string of the molecule is O=CNc1nc(Cl)c(NC=O)c(NO[C@@H](CCOCc2ccccc2)COCc2ccccc2)n1. The number of amides is 2. The van der Waals surface area contributed by atoms with E-state index in [1.165, 1.54) is 0 Å². The Morgan fingerprint density at radius 1 is 0.857 bits per heavy atom. The van der Waals surface area contributed by atoms with Gasteiger partial charge in [-0.25, -0.2) is 5.48 Å². The quantitative estimate of drug-likeness (QED) is 0.118. The highest BCUT2D eigenvalue weighted by Gasteiger charge is 2.17. The molecule has 3 rings (SSSR count). The number of benzene rings is 2. The first-order chi connectivity index (χ1) is 17.2. The number of aromatic nitrogens is 2. The Balaban J connectivity index is 1.61. The molecular formula is C24H26ClN5O5. The second kappa shape index (κ2) is 14.6. The van der Waals surface area contributed by atoms with E-state index in [4.69, 9.17) is 25.9 Å². The molecule has 1 aromatic heterocycles. The average Bonchev–Trinajstić information content (AvgIpc) is 2.88. The van der Waals surface area contributed by atoms with Gasteiger partial charge in [-0.3, -0.25) is 19.7 Å². The van der Waals surface area contributed by atoms with Crippen LogP contribution in [0.15, 0.2) is 60.7 Å². The van der Waals surface area contributed by atoms with Gasteiger partial charge in [-0.2, -0.15) is 9.97 Å². The first-order valence-corrected chi connectivity index (χ1v) is 11.2. The van der Waals surface area contributed by atoms with Crippen molar-refractivity contribution in [2.45, 2.75) is 25.7 Å². The molecule has 2 aromatic carbocycles. The predicted molar refractivity (Wildman–Crippen MR) is 132 cm³/mol. The van der Waals surface area contributed by atoms with Gasteiger partial charge in [0.15, 0.2) is 11.0 Å². The Labute approximate surface area is 207 Å². The van der Waals surface area contributed by atoms with Crippen molar-refractivity contribution in [2.75, 3.05) is 29.3 Å². The summed E-state index contributed by atoms with van der Waals surface area (Å²) in [6.45, 7) is 1.56. The highest BCUT2D eigenvalue weighted by atomic mass is 35.5. The zero-order valence-corrected chi connectivity index (χ0v) is 19.6. The normalized spacial score (nSPS) is 11.5. The first-order valence-electron chi connectivity index (χ1n) is 10.8. The Bertz CT molecular complexity index is 1060. The van der Waals surface area contributed by atoms with Crippen LogP contribution in [0.1, 0.15) is 17.5 Å². The molecule has 3 N–H and O–H groups in total. The summed E-state index contributed by atoms with van der Waals surface area (Å²) in [7, 11) is 0. The summed E-state index contributed by atoms with van der Waals surface area (Å²) < 4.78 is 11.6. The number of ether oxygens (including phenoxy) is 2. The fourth-order valence-electron chi connectivity index (χ4n) is 2.99. The molecule has 0 saturated carbocycles. The van der Waals surface area contributed by atoms with E-state index in [2.05, 4.69) is 26.1 Å². The van der Waals surface area contributed by atoms with Crippen molar-refractivity contribution < 1.29 is 23.9 Å². The third-order valence-corrected chi connectivity index (χ3v) is 4.96. The summed E-state index contributed by atoms with van der Waals surface area (Å²) in [5.41, 5.74) is 4.90. The van der Waals surface area contributed by atoms with Crippen LogP contribution in [-0.2, 0) is 37.1 Å². The largest absolute Gasteiger partial charge is 0.377 e. The Hall–Kier alpha value is -3.57. The molecule has 11 heteroatoms. The standard InChI is InChI=1S/C24H26ClN5O5/c25-22-21(26-16-31)23(29-24(28-22)27-17-32)30-35-20(15-34-14-19-9-5-2-6-10-19)11-12-33-13-18-7-3-1-4-8-18/h1-10,16-17,20H,11-15H2,(H,26,31)(H2,27,28,29,30,32)/t20-/m0/s1. The lowest BCUT2D eigenvalue weighted by atomic mass is 10.2. The van der Waals surface area contributed by atoms with Gasteiger partial charge in [0.1, 0.15) is 11.8 Å². The maximum atomic E-state index is 11.0. The molecule has 0 bridgehead atoms.